The first-order valence-electron chi connectivity index (χ1n) is 5.95. The van der Waals surface area contributed by atoms with Gasteiger partial charge in [0.15, 0.2) is 9.84 Å². The Hall–Kier alpha value is -1.43. The molecule has 1 aliphatic heterocycles. The molecule has 2 heterocycles. The molecule has 2 rings (SSSR count). The summed E-state index contributed by atoms with van der Waals surface area (Å²) < 4.78 is 22.5. The van der Waals surface area contributed by atoms with Gasteiger partial charge in [-0.05, 0) is 30.9 Å². The maximum absolute atomic E-state index is 11.7. The lowest BCUT2D eigenvalue weighted by Gasteiger charge is -2.08. The van der Waals surface area contributed by atoms with Crippen molar-refractivity contribution in [2.24, 2.45) is 5.92 Å². The molecular weight excluding hydrogens is 252 g/mol. The largest absolute Gasteiger partial charge is 0.352 e. The fourth-order valence-electron chi connectivity index (χ4n) is 2.09. The fraction of sp³-hybridized carbons (Fsp3) is 0.500. The summed E-state index contributed by atoms with van der Waals surface area (Å²) in [4.78, 5) is 15.5. The minimum Gasteiger partial charge on any atom is -0.352 e. The quantitative estimate of drug-likeness (QED) is 0.869. The van der Waals surface area contributed by atoms with Crippen LogP contribution in [-0.2, 0) is 9.84 Å². The van der Waals surface area contributed by atoms with E-state index >= 15 is 0 Å². The van der Waals surface area contributed by atoms with E-state index in [1.165, 1.54) is 0 Å². The molecule has 0 bridgehead atoms. The Balaban J connectivity index is 1.75. The molecule has 0 spiro atoms. The van der Waals surface area contributed by atoms with Crippen molar-refractivity contribution in [3.05, 3.63) is 30.1 Å². The summed E-state index contributed by atoms with van der Waals surface area (Å²) in [6, 6.07) is 3.30. The molecule has 1 aromatic rings. The number of aromatic nitrogens is 1. The number of hydrogen-bond acceptors (Lipinski definition) is 4. The van der Waals surface area contributed by atoms with Gasteiger partial charge in [-0.2, -0.15) is 0 Å². The highest BCUT2D eigenvalue weighted by atomic mass is 32.2. The van der Waals surface area contributed by atoms with E-state index in [0.29, 0.717) is 18.5 Å². The van der Waals surface area contributed by atoms with Gasteiger partial charge in [0, 0.05) is 24.5 Å². The minimum atomic E-state index is -2.82. The molecule has 5 nitrogen and oxygen atoms in total. The molecule has 98 valence electrons. The van der Waals surface area contributed by atoms with Crippen LogP contribution in [0, 0.1) is 5.92 Å². The third-order valence-corrected chi connectivity index (χ3v) is 4.94. The molecule has 0 radical (unpaired) electrons. The van der Waals surface area contributed by atoms with Gasteiger partial charge in [-0.1, -0.05) is 0 Å². The predicted molar refractivity (Wildman–Crippen MR) is 67.9 cm³/mol. The first kappa shape index (κ1) is 13.0. The van der Waals surface area contributed by atoms with Gasteiger partial charge in [-0.15, -0.1) is 0 Å². The van der Waals surface area contributed by atoms with Crippen LogP contribution in [0.2, 0.25) is 0 Å². The summed E-state index contributed by atoms with van der Waals surface area (Å²) in [5.74, 6) is 0.597. The second kappa shape index (κ2) is 5.48. The van der Waals surface area contributed by atoms with Gasteiger partial charge in [-0.25, -0.2) is 8.42 Å². The number of amides is 1. The summed E-state index contributed by atoms with van der Waals surface area (Å²) in [5.41, 5.74) is 0.573. The van der Waals surface area contributed by atoms with Gasteiger partial charge in [0.05, 0.1) is 11.5 Å². The number of hydrogen-bond donors (Lipinski definition) is 1. The summed E-state index contributed by atoms with van der Waals surface area (Å²) in [7, 11) is -2.82. The number of rotatable bonds is 4. The van der Waals surface area contributed by atoms with Crippen molar-refractivity contribution in [2.45, 2.75) is 12.8 Å². The van der Waals surface area contributed by atoms with E-state index < -0.39 is 9.84 Å². The molecule has 0 saturated carbocycles. The molecule has 1 atom stereocenters. The minimum absolute atomic E-state index is 0.141. The van der Waals surface area contributed by atoms with E-state index in [1.807, 2.05) is 0 Å². The van der Waals surface area contributed by atoms with Crippen LogP contribution in [0.1, 0.15) is 23.2 Å². The maximum atomic E-state index is 11.7. The molecule has 1 aliphatic rings. The Labute approximate surface area is 107 Å². The van der Waals surface area contributed by atoms with E-state index in [9.17, 15) is 13.2 Å². The zero-order chi connectivity index (χ0) is 13.0. The van der Waals surface area contributed by atoms with Gasteiger partial charge in [0.2, 0.25) is 0 Å². The van der Waals surface area contributed by atoms with E-state index in [4.69, 9.17) is 0 Å². The van der Waals surface area contributed by atoms with Crippen LogP contribution in [0.3, 0.4) is 0 Å². The molecule has 18 heavy (non-hydrogen) atoms. The Morgan fingerprint density at radius 2 is 2.11 bits per heavy atom. The van der Waals surface area contributed by atoms with Crippen LogP contribution in [0.15, 0.2) is 24.5 Å². The van der Waals surface area contributed by atoms with Crippen LogP contribution < -0.4 is 5.32 Å². The van der Waals surface area contributed by atoms with E-state index in [-0.39, 0.29) is 23.3 Å². The number of sulfone groups is 1. The molecule has 0 aliphatic carbocycles. The van der Waals surface area contributed by atoms with Crippen molar-refractivity contribution in [1.82, 2.24) is 10.3 Å². The van der Waals surface area contributed by atoms with E-state index in [1.54, 1.807) is 24.5 Å². The lowest BCUT2D eigenvalue weighted by Crippen LogP contribution is -2.26. The Kier molecular flexibility index (Phi) is 3.96. The number of carbonyl (C=O) groups is 1. The molecule has 1 fully saturated rings. The second-order valence-corrected chi connectivity index (χ2v) is 6.78. The Morgan fingerprint density at radius 3 is 2.72 bits per heavy atom. The molecule has 1 amide bonds. The van der Waals surface area contributed by atoms with E-state index in [2.05, 4.69) is 10.3 Å². The average Bonchev–Trinajstić information content (AvgIpc) is 2.70. The Morgan fingerprint density at radius 1 is 1.39 bits per heavy atom. The molecule has 1 unspecified atom stereocenters. The second-order valence-electron chi connectivity index (χ2n) is 4.55. The van der Waals surface area contributed by atoms with Crippen molar-refractivity contribution in [2.75, 3.05) is 18.1 Å². The summed E-state index contributed by atoms with van der Waals surface area (Å²) in [6.45, 7) is 0.515. The summed E-state index contributed by atoms with van der Waals surface area (Å²) in [6.07, 6.45) is 4.57. The molecule has 1 N–H and O–H groups in total. The fourth-order valence-corrected chi connectivity index (χ4v) is 4.01. The highest BCUT2D eigenvalue weighted by Gasteiger charge is 2.27. The van der Waals surface area contributed by atoms with Gasteiger partial charge in [0.25, 0.3) is 5.91 Å². The first-order valence-corrected chi connectivity index (χ1v) is 7.77. The van der Waals surface area contributed by atoms with Crippen LogP contribution in [0.5, 0.6) is 0 Å². The third kappa shape index (κ3) is 3.53. The zero-order valence-corrected chi connectivity index (χ0v) is 10.8. The molecule has 1 saturated heterocycles. The number of pyridine rings is 1. The van der Waals surface area contributed by atoms with Crippen molar-refractivity contribution < 1.29 is 13.2 Å². The maximum Gasteiger partial charge on any atom is 0.251 e. The van der Waals surface area contributed by atoms with Crippen LogP contribution in [-0.4, -0.2) is 37.4 Å². The molecule has 0 aromatic carbocycles. The number of nitrogens with zero attached hydrogens (tertiary/aromatic N) is 1. The first-order chi connectivity index (χ1) is 8.57. The monoisotopic (exact) mass is 268 g/mol. The SMILES string of the molecule is O=C(NCCC1CCS(=O)(=O)C1)c1ccncc1. The standard InChI is InChI=1S/C12H16N2O3S/c15-12(11-2-5-13-6-3-11)14-7-1-10-4-8-18(16,17)9-10/h2-3,5-6,10H,1,4,7-9H2,(H,14,15). The topological polar surface area (TPSA) is 76.1 Å². The van der Waals surface area contributed by atoms with Gasteiger partial charge < -0.3 is 5.32 Å². The average molecular weight is 268 g/mol. The zero-order valence-electron chi connectivity index (χ0n) is 10.0. The van der Waals surface area contributed by atoms with Crippen molar-refractivity contribution in [1.29, 1.82) is 0 Å². The van der Waals surface area contributed by atoms with Crippen LogP contribution in [0.25, 0.3) is 0 Å². The van der Waals surface area contributed by atoms with Crippen LogP contribution >= 0.6 is 0 Å². The number of nitrogens with one attached hydrogen (secondary N) is 1. The van der Waals surface area contributed by atoms with Crippen LogP contribution in [0.4, 0.5) is 0 Å². The summed E-state index contributed by atoms with van der Waals surface area (Å²) in [5, 5.41) is 2.79. The highest BCUT2D eigenvalue weighted by molar-refractivity contribution is 7.91. The van der Waals surface area contributed by atoms with Crippen molar-refractivity contribution in [3.8, 4) is 0 Å². The summed E-state index contributed by atoms with van der Waals surface area (Å²) >= 11 is 0. The number of carbonyl (C=O) groups excluding carboxylic acids is 1. The van der Waals surface area contributed by atoms with Gasteiger partial charge >= 0.3 is 0 Å². The smallest absolute Gasteiger partial charge is 0.251 e. The highest BCUT2D eigenvalue weighted by Crippen LogP contribution is 2.20. The molecular formula is C12H16N2O3S. The lowest BCUT2D eigenvalue weighted by molar-refractivity contribution is 0.0951. The normalized spacial score (nSPS) is 21.7. The Bertz CT molecular complexity index is 513. The molecule has 6 heteroatoms. The lowest BCUT2D eigenvalue weighted by atomic mass is 10.1. The van der Waals surface area contributed by atoms with Gasteiger partial charge in [0.1, 0.15) is 0 Å². The molecule has 1 aromatic heterocycles. The van der Waals surface area contributed by atoms with Crippen molar-refractivity contribution >= 4 is 15.7 Å². The van der Waals surface area contributed by atoms with E-state index in [0.717, 1.165) is 6.42 Å². The van der Waals surface area contributed by atoms with Gasteiger partial charge in [-0.3, -0.25) is 9.78 Å². The predicted octanol–water partition coefficient (Wildman–Crippen LogP) is 0.636. The third-order valence-electron chi connectivity index (χ3n) is 3.11. The van der Waals surface area contributed by atoms with Crippen molar-refractivity contribution in [3.63, 3.8) is 0 Å².